The zero-order valence-electron chi connectivity index (χ0n) is 15.9. The lowest BCUT2D eigenvalue weighted by Crippen LogP contribution is -2.30. The Morgan fingerprint density at radius 1 is 1.04 bits per heavy atom. The van der Waals surface area contributed by atoms with E-state index in [2.05, 4.69) is 57.1 Å². The van der Waals surface area contributed by atoms with E-state index in [9.17, 15) is 0 Å². The van der Waals surface area contributed by atoms with Gasteiger partial charge < -0.3 is 10.3 Å². The summed E-state index contributed by atoms with van der Waals surface area (Å²) < 4.78 is 5.57. The fourth-order valence-electron chi connectivity index (χ4n) is 3.16. The molecule has 0 fully saturated rings. The Labute approximate surface area is 162 Å². The maximum atomic E-state index is 5.57. The number of nitrogens with two attached hydrogens (primary N) is 1. The Bertz CT molecular complexity index is 1050. The molecule has 0 aliphatic heterocycles. The Kier molecular flexibility index (Phi) is 4.38. The smallest absolute Gasteiger partial charge is 0.219 e. The third-order valence-corrected chi connectivity index (χ3v) is 5.31. The third-order valence-electron chi connectivity index (χ3n) is 5.31. The van der Waals surface area contributed by atoms with E-state index in [-0.39, 0.29) is 17.3 Å². The first-order valence-corrected chi connectivity index (χ1v) is 8.99. The van der Waals surface area contributed by atoms with Gasteiger partial charge in [0.1, 0.15) is 0 Å². The third kappa shape index (κ3) is 3.02. The number of nitrogens with zero attached hydrogens (tertiary/aromatic N) is 5. The lowest BCUT2D eigenvalue weighted by atomic mass is 9.71. The highest BCUT2D eigenvalue weighted by Crippen LogP contribution is 2.39. The summed E-state index contributed by atoms with van der Waals surface area (Å²) in [6, 6.07) is 5.99. The number of hydrogen-bond donors (Lipinski definition) is 2. The van der Waals surface area contributed by atoms with E-state index < -0.39 is 0 Å². The van der Waals surface area contributed by atoms with Crippen LogP contribution in [-0.2, 0) is 5.41 Å². The fraction of sp³-hybridized carbons (Fsp3) is 0.250. The molecule has 0 radical (unpaired) electrons. The quantitative estimate of drug-likeness (QED) is 0.548. The van der Waals surface area contributed by atoms with Gasteiger partial charge in [0.2, 0.25) is 5.95 Å². The van der Waals surface area contributed by atoms with Crippen molar-refractivity contribution in [3.05, 3.63) is 60.4 Å². The van der Waals surface area contributed by atoms with Crippen molar-refractivity contribution < 1.29 is 4.52 Å². The molecule has 4 aromatic rings. The van der Waals surface area contributed by atoms with Gasteiger partial charge in [-0.1, -0.05) is 25.1 Å². The van der Waals surface area contributed by atoms with Crippen LogP contribution >= 0.6 is 0 Å². The molecule has 8 nitrogen and oxygen atoms in total. The molecule has 0 amide bonds. The van der Waals surface area contributed by atoms with E-state index in [0.29, 0.717) is 5.76 Å². The molecule has 0 aliphatic carbocycles. The summed E-state index contributed by atoms with van der Waals surface area (Å²) in [7, 11) is 0. The van der Waals surface area contributed by atoms with Crippen LogP contribution in [0.1, 0.15) is 32.0 Å². The van der Waals surface area contributed by atoms with Crippen molar-refractivity contribution in [2.75, 3.05) is 5.73 Å². The topological polar surface area (TPSA) is 119 Å². The maximum Gasteiger partial charge on any atom is 0.219 e. The Balaban J connectivity index is 1.70. The van der Waals surface area contributed by atoms with Gasteiger partial charge >= 0.3 is 0 Å². The summed E-state index contributed by atoms with van der Waals surface area (Å²) in [6.07, 6.45) is 8.70. The van der Waals surface area contributed by atoms with E-state index in [4.69, 9.17) is 10.3 Å². The number of pyridine rings is 1. The predicted octanol–water partition coefficient (Wildman–Crippen LogP) is 3.46. The van der Waals surface area contributed by atoms with E-state index in [1.165, 1.54) is 0 Å². The lowest BCUT2D eigenvalue weighted by molar-refractivity contribution is 0.353. The predicted molar refractivity (Wildman–Crippen MR) is 105 cm³/mol. The average Bonchev–Trinajstić information content (AvgIpc) is 3.40. The van der Waals surface area contributed by atoms with Crippen LogP contribution < -0.4 is 5.73 Å². The minimum absolute atomic E-state index is 0.243. The van der Waals surface area contributed by atoms with Crippen molar-refractivity contribution in [3.8, 4) is 22.6 Å². The highest BCUT2D eigenvalue weighted by molar-refractivity contribution is 5.58. The lowest BCUT2D eigenvalue weighted by Gasteiger charge is -2.32. The summed E-state index contributed by atoms with van der Waals surface area (Å²) in [5.74, 6) is 1.19. The molecule has 1 atom stereocenters. The fourth-order valence-corrected chi connectivity index (χ4v) is 3.16. The Morgan fingerprint density at radius 2 is 1.82 bits per heavy atom. The molecule has 0 saturated carbocycles. The second kappa shape index (κ2) is 6.88. The SMILES string of the molecule is CC(C)[C@@](C)(c1ccc(-c2cnc(N)nc2)nc1)c1cc(-c2cn[nH]c2)on1. The van der Waals surface area contributed by atoms with E-state index in [0.717, 1.165) is 28.1 Å². The van der Waals surface area contributed by atoms with Crippen LogP contribution in [0.2, 0.25) is 0 Å². The van der Waals surface area contributed by atoms with Gasteiger partial charge in [-0.05, 0) is 24.5 Å². The van der Waals surface area contributed by atoms with Crippen molar-refractivity contribution >= 4 is 5.95 Å². The average molecular weight is 375 g/mol. The number of rotatable bonds is 5. The first kappa shape index (κ1) is 17.8. The van der Waals surface area contributed by atoms with Crippen molar-refractivity contribution in [1.29, 1.82) is 0 Å². The second-order valence-corrected chi connectivity index (χ2v) is 7.18. The largest absolute Gasteiger partial charge is 0.368 e. The summed E-state index contributed by atoms with van der Waals surface area (Å²) >= 11 is 0. The first-order valence-electron chi connectivity index (χ1n) is 8.99. The van der Waals surface area contributed by atoms with Gasteiger partial charge in [0.15, 0.2) is 5.76 Å². The summed E-state index contributed by atoms with van der Waals surface area (Å²) in [6.45, 7) is 6.47. The van der Waals surface area contributed by atoms with Crippen LogP contribution in [0.15, 0.2) is 53.7 Å². The first-order chi connectivity index (χ1) is 13.5. The molecule has 4 heterocycles. The van der Waals surface area contributed by atoms with Crippen LogP contribution in [0, 0.1) is 5.92 Å². The van der Waals surface area contributed by atoms with Crippen LogP contribution in [0.4, 0.5) is 5.95 Å². The highest BCUT2D eigenvalue weighted by atomic mass is 16.5. The number of hydrogen-bond acceptors (Lipinski definition) is 7. The monoisotopic (exact) mass is 375 g/mol. The molecule has 0 spiro atoms. The molecule has 4 aromatic heterocycles. The number of anilines is 1. The summed E-state index contributed by atoms with van der Waals surface area (Å²) in [4.78, 5) is 12.7. The van der Waals surface area contributed by atoms with Crippen molar-refractivity contribution in [1.82, 2.24) is 30.3 Å². The van der Waals surface area contributed by atoms with Crippen LogP contribution in [0.25, 0.3) is 22.6 Å². The standard InChI is InChI=1S/C20H21N7O/c1-12(2)20(3,18-6-17(28-27-18)14-9-25-26-10-14)15-4-5-16(22-11-15)13-7-23-19(21)24-8-13/h4-12H,1-3H3,(H,25,26)(H2,21,23,24)/t20-/m0/s1. The number of H-pyrrole nitrogens is 1. The van der Waals surface area contributed by atoms with Gasteiger partial charge in [0.25, 0.3) is 0 Å². The molecule has 28 heavy (non-hydrogen) atoms. The zero-order valence-corrected chi connectivity index (χ0v) is 15.9. The molecule has 4 rings (SSSR count). The van der Waals surface area contributed by atoms with E-state index in [1.54, 1.807) is 24.8 Å². The molecule has 8 heteroatoms. The van der Waals surface area contributed by atoms with Crippen molar-refractivity contribution in [2.45, 2.75) is 26.2 Å². The number of aromatic amines is 1. The Hall–Kier alpha value is -3.55. The van der Waals surface area contributed by atoms with E-state index in [1.807, 2.05) is 18.3 Å². The minimum atomic E-state index is -0.366. The molecule has 0 aliphatic rings. The molecule has 0 saturated heterocycles. The molecule has 3 N–H and O–H groups in total. The molecule has 0 bridgehead atoms. The Morgan fingerprint density at radius 3 is 2.43 bits per heavy atom. The summed E-state index contributed by atoms with van der Waals surface area (Å²) in [5, 5.41) is 11.1. The van der Waals surface area contributed by atoms with Crippen molar-refractivity contribution in [3.63, 3.8) is 0 Å². The van der Waals surface area contributed by atoms with Gasteiger partial charge in [0.05, 0.1) is 23.1 Å². The number of nitrogens with one attached hydrogen (secondary N) is 1. The molecule has 142 valence electrons. The zero-order chi connectivity index (χ0) is 19.7. The van der Waals surface area contributed by atoms with Crippen LogP contribution in [0.5, 0.6) is 0 Å². The maximum absolute atomic E-state index is 5.57. The molecule has 0 aromatic carbocycles. The minimum Gasteiger partial charge on any atom is -0.368 e. The molecule has 0 unspecified atom stereocenters. The van der Waals surface area contributed by atoms with Gasteiger partial charge in [-0.3, -0.25) is 10.1 Å². The van der Waals surface area contributed by atoms with E-state index >= 15 is 0 Å². The number of nitrogen functional groups attached to an aromatic ring is 1. The van der Waals surface area contributed by atoms with Gasteiger partial charge in [-0.2, -0.15) is 5.10 Å². The molecular formula is C20H21N7O. The number of aromatic nitrogens is 6. The van der Waals surface area contributed by atoms with Gasteiger partial charge in [0, 0.05) is 41.8 Å². The second-order valence-electron chi connectivity index (χ2n) is 7.18. The van der Waals surface area contributed by atoms with Crippen LogP contribution in [-0.4, -0.2) is 30.3 Å². The molecular weight excluding hydrogens is 354 g/mol. The summed E-state index contributed by atoms with van der Waals surface area (Å²) in [5.41, 5.74) is 9.56. The van der Waals surface area contributed by atoms with Gasteiger partial charge in [-0.25, -0.2) is 9.97 Å². The highest BCUT2D eigenvalue weighted by Gasteiger charge is 2.36. The van der Waals surface area contributed by atoms with Gasteiger partial charge in [-0.15, -0.1) is 0 Å². The van der Waals surface area contributed by atoms with Crippen molar-refractivity contribution in [2.24, 2.45) is 5.92 Å². The van der Waals surface area contributed by atoms with Crippen LogP contribution in [0.3, 0.4) is 0 Å². The normalized spacial score (nSPS) is 13.6.